The largest absolute Gasteiger partial charge is 0.452 e. The first-order valence-electron chi connectivity index (χ1n) is 11.0. The molecule has 1 amide bonds. The molecule has 0 bridgehead atoms. The highest BCUT2D eigenvalue weighted by molar-refractivity contribution is 6.17. The van der Waals surface area contributed by atoms with E-state index in [1.54, 1.807) is 11.9 Å². The van der Waals surface area contributed by atoms with Gasteiger partial charge in [0, 0.05) is 43.0 Å². The Morgan fingerprint density at radius 3 is 2.65 bits per heavy atom. The second kappa shape index (κ2) is 13.3. The summed E-state index contributed by atoms with van der Waals surface area (Å²) >= 11 is 4.85. The van der Waals surface area contributed by atoms with Gasteiger partial charge in [0.2, 0.25) is 6.41 Å². The topological polar surface area (TPSA) is 100 Å². The summed E-state index contributed by atoms with van der Waals surface area (Å²) in [6.45, 7) is 9.14. The zero-order valence-electron chi connectivity index (χ0n) is 20.3. The highest BCUT2D eigenvalue weighted by atomic mass is 35.5. The smallest absolute Gasteiger partial charge is 0.294 e. The number of rotatable bonds is 10. The number of nitrogens with zero attached hydrogens (tertiary/aromatic N) is 3. The molecule has 34 heavy (non-hydrogen) atoms. The minimum atomic E-state index is -0.0521. The lowest BCUT2D eigenvalue weighted by molar-refractivity contribution is -0.126. The van der Waals surface area contributed by atoms with Crippen molar-refractivity contribution in [2.75, 3.05) is 25.0 Å². The Hall–Kier alpha value is -3.39. The van der Waals surface area contributed by atoms with Gasteiger partial charge in [0.05, 0.1) is 11.2 Å². The number of alkyl halides is 1. The number of H-pyrrole nitrogens is 1. The van der Waals surface area contributed by atoms with Crippen molar-refractivity contribution in [2.45, 2.75) is 40.2 Å². The lowest BCUT2D eigenvalue weighted by Crippen LogP contribution is -2.19. The van der Waals surface area contributed by atoms with E-state index in [0.717, 1.165) is 52.3 Å². The van der Waals surface area contributed by atoms with Crippen molar-refractivity contribution in [1.82, 2.24) is 19.9 Å². The maximum Gasteiger partial charge on any atom is 0.294 e. The van der Waals surface area contributed by atoms with Crippen molar-refractivity contribution in [1.29, 1.82) is 0 Å². The molecule has 182 valence electrons. The molecule has 0 fully saturated rings. The van der Waals surface area contributed by atoms with Crippen LogP contribution in [0.4, 0.5) is 5.82 Å². The molecule has 2 heterocycles. The van der Waals surface area contributed by atoms with Gasteiger partial charge < -0.3 is 19.9 Å². The number of likely N-dealkylation sites (N-methyl/N-ethyl adjacent to an activating group) is 1. The van der Waals surface area contributed by atoms with E-state index in [0.29, 0.717) is 13.0 Å². The van der Waals surface area contributed by atoms with Crippen LogP contribution in [0.5, 0.6) is 0 Å². The van der Waals surface area contributed by atoms with Crippen LogP contribution < -0.4 is 5.32 Å². The third-order valence-electron chi connectivity index (χ3n) is 5.15. The molecule has 2 N–H and O–H groups in total. The van der Waals surface area contributed by atoms with E-state index in [9.17, 15) is 4.79 Å². The van der Waals surface area contributed by atoms with Gasteiger partial charge in [-0.15, -0.1) is 0 Å². The Morgan fingerprint density at radius 1 is 1.26 bits per heavy atom. The first-order chi connectivity index (χ1) is 16.3. The molecule has 0 radical (unpaired) electrons. The summed E-state index contributed by atoms with van der Waals surface area (Å²) in [7, 11) is 1.79. The number of benzene rings is 1. The molecule has 3 aromatic rings. The Labute approximate surface area is 205 Å². The van der Waals surface area contributed by atoms with Crippen LogP contribution in [0.3, 0.4) is 0 Å². The monoisotopic (exact) mass is 485 g/mol. The van der Waals surface area contributed by atoms with Crippen molar-refractivity contribution in [3.8, 4) is 11.3 Å². The molecule has 3 rings (SSSR count). The predicted molar refractivity (Wildman–Crippen MR) is 137 cm³/mol. The highest BCUT2D eigenvalue weighted by Crippen LogP contribution is 2.29. The summed E-state index contributed by atoms with van der Waals surface area (Å²) in [5, 5.41) is 3.43. The molecule has 2 aromatic heterocycles. The molecule has 0 saturated carbocycles. The number of halogens is 1. The Kier molecular flexibility index (Phi) is 10.5. The van der Waals surface area contributed by atoms with Gasteiger partial charge in [0.15, 0.2) is 6.07 Å². The van der Waals surface area contributed by atoms with E-state index >= 15 is 0 Å². The molecule has 0 aliphatic heterocycles. The lowest BCUT2D eigenvalue weighted by Gasteiger charge is -2.14. The van der Waals surface area contributed by atoms with Crippen molar-refractivity contribution in [3.63, 3.8) is 0 Å². The summed E-state index contributed by atoms with van der Waals surface area (Å²) in [6, 6.07) is 8.33. The fourth-order valence-electron chi connectivity index (χ4n) is 3.44. The number of anilines is 1. The summed E-state index contributed by atoms with van der Waals surface area (Å²) in [5.41, 5.74) is 6.97. The number of ether oxygens (including phenoxy) is 1. The van der Waals surface area contributed by atoms with Gasteiger partial charge in [0.1, 0.15) is 11.3 Å². The van der Waals surface area contributed by atoms with Gasteiger partial charge in [-0.05, 0) is 45.4 Å². The van der Waals surface area contributed by atoms with E-state index in [-0.39, 0.29) is 12.1 Å². The van der Waals surface area contributed by atoms with Gasteiger partial charge in [-0.2, -0.15) is 0 Å². The zero-order chi connectivity index (χ0) is 25.1. The lowest BCUT2D eigenvalue weighted by atomic mass is 10.1. The first-order valence-corrected chi connectivity index (χ1v) is 11.5. The number of allylic oxidation sites excluding steroid dienone is 1. The van der Waals surface area contributed by atoms with Gasteiger partial charge >= 0.3 is 0 Å². The van der Waals surface area contributed by atoms with Crippen LogP contribution in [0.15, 0.2) is 36.4 Å². The maximum absolute atomic E-state index is 10.9. The number of para-hydroxylation sites is 1. The van der Waals surface area contributed by atoms with Crippen molar-refractivity contribution in [3.05, 3.63) is 53.4 Å². The summed E-state index contributed by atoms with van der Waals surface area (Å²) in [6.07, 6.45) is 5.75. The fourth-order valence-corrected chi connectivity index (χ4v) is 3.50. The van der Waals surface area contributed by atoms with Crippen LogP contribution in [0, 0.1) is 13.8 Å². The molecular formula is C25H32ClN5O3. The number of fused-ring (bicyclic) bond motifs is 1. The second-order valence-electron chi connectivity index (χ2n) is 7.84. The minimum Gasteiger partial charge on any atom is -0.452 e. The number of carbonyl (C=O) groups excluding carboxylic acids is 2. The summed E-state index contributed by atoms with van der Waals surface area (Å²) < 4.78 is 3.92. The van der Waals surface area contributed by atoms with Gasteiger partial charge in [-0.3, -0.25) is 9.59 Å². The van der Waals surface area contributed by atoms with Crippen LogP contribution >= 0.6 is 11.6 Å². The molecule has 8 nitrogen and oxygen atoms in total. The number of amides is 1. The number of hydrogen-bond acceptors (Lipinski definition) is 6. The number of aromatic nitrogens is 3. The third-order valence-corrected chi connectivity index (χ3v) is 5.28. The average Bonchev–Trinajstić information content (AvgIpc) is 3.19. The molecule has 0 saturated heterocycles. The summed E-state index contributed by atoms with van der Waals surface area (Å²) in [5.74, 6) is 0.798. The Morgan fingerprint density at radius 2 is 2.03 bits per heavy atom. The molecule has 0 aliphatic carbocycles. The first kappa shape index (κ1) is 26.9. The van der Waals surface area contributed by atoms with Crippen LogP contribution in [-0.4, -0.2) is 58.4 Å². The van der Waals surface area contributed by atoms with Crippen LogP contribution in [-0.2, 0) is 20.7 Å². The molecule has 1 aromatic carbocycles. The fraction of sp³-hybridized carbons (Fsp3) is 0.360. The van der Waals surface area contributed by atoms with Crippen molar-refractivity contribution >= 4 is 41.3 Å². The maximum atomic E-state index is 10.9. The van der Waals surface area contributed by atoms with Crippen LogP contribution in [0.1, 0.15) is 30.8 Å². The van der Waals surface area contributed by atoms with Crippen LogP contribution in [0.2, 0.25) is 0 Å². The van der Waals surface area contributed by atoms with Crippen molar-refractivity contribution < 1.29 is 14.3 Å². The molecule has 0 aliphatic rings. The molecule has 9 heteroatoms. The third kappa shape index (κ3) is 7.31. The van der Waals surface area contributed by atoms with Gasteiger partial charge in [-0.25, -0.2) is 9.97 Å². The minimum absolute atomic E-state index is 0.0521. The number of nitrogens with one attached hydrogen (secondary N) is 2. The zero-order valence-corrected chi connectivity index (χ0v) is 21.0. The Balaban J connectivity index is 0.000000739. The number of carbonyl (C=O) groups is 2. The molecule has 1 atom stereocenters. The summed E-state index contributed by atoms with van der Waals surface area (Å²) in [4.78, 5) is 34.8. The van der Waals surface area contributed by atoms with Gasteiger partial charge in [-0.1, -0.05) is 35.9 Å². The molecular weight excluding hydrogens is 454 g/mol. The van der Waals surface area contributed by atoms with E-state index < -0.39 is 0 Å². The predicted octanol–water partition coefficient (Wildman–Crippen LogP) is 4.60. The number of aryl methyl sites for hydroxylation is 2. The van der Waals surface area contributed by atoms with Crippen LogP contribution in [0.25, 0.3) is 22.3 Å². The van der Waals surface area contributed by atoms with E-state index in [2.05, 4.69) is 47.1 Å². The molecule has 0 spiro atoms. The number of aromatic amines is 1. The molecule has 0 unspecified atom stereocenters. The SMILES string of the molecule is C/C=C/[C@H](C)Nc1nc2c(-c3cc(C)c(CCN(C)C=O)[nH]3)cccc2nc1C.O=COCCl. The normalized spacial score (nSPS) is 11.6. The van der Waals surface area contributed by atoms with E-state index in [1.807, 2.05) is 32.1 Å². The number of hydrogen-bond donors (Lipinski definition) is 2. The highest BCUT2D eigenvalue weighted by Gasteiger charge is 2.14. The van der Waals surface area contributed by atoms with Crippen molar-refractivity contribution in [2.24, 2.45) is 0 Å². The second-order valence-corrected chi connectivity index (χ2v) is 8.06. The van der Waals surface area contributed by atoms with Gasteiger partial charge in [0.25, 0.3) is 6.47 Å². The standard InChI is InChI=1S/C23H29N5O.C2H3ClO2/c1-6-8-16(3)24-23-17(4)25-20-10-7-9-18(22(20)27-23)21-13-15(2)19(26-21)11-12-28(5)14-29;3-1-5-2-4/h6-10,13-14,16,26H,11-12H2,1-5H3,(H,24,27);2H,1H2/b8-6+;/t16-;/m0./s1. The van der Waals surface area contributed by atoms with E-state index in [1.165, 1.54) is 5.56 Å². The Bertz CT molecular complexity index is 1130. The quantitative estimate of drug-likeness (QED) is 0.247. The average molecular weight is 486 g/mol. The van der Waals surface area contributed by atoms with E-state index in [4.69, 9.17) is 26.4 Å².